The van der Waals surface area contributed by atoms with Crippen LogP contribution in [0.5, 0.6) is 0 Å². The Labute approximate surface area is 109 Å². The van der Waals surface area contributed by atoms with E-state index in [0.29, 0.717) is 17.9 Å². The number of rotatable bonds is 5. The largest absolute Gasteiger partial charge is 0.381 e. The van der Waals surface area contributed by atoms with Crippen molar-refractivity contribution in [3.63, 3.8) is 0 Å². The van der Waals surface area contributed by atoms with Crippen molar-refractivity contribution >= 4 is 15.9 Å². The minimum atomic E-state index is -0.216. The van der Waals surface area contributed by atoms with E-state index in [1.165, 1.54) is 12.1 Å². The molecule has 1 saturated heterocycles. The van der Waals surface area contributed by atoms with Crippen LogP contribution in [0, 0.1) is 11.7 Å². The first-order chi connectivity index (χ1) is 8.29. The van der Waals surface area contributed by atoms with Gasteiger partial charge in [-0.25, -0.2) is 4.39 Å². The summed E-state index contributed by atoms with van der Waals surface area (Å²) in [6.45, 7) is 2.33. The molecule has 94 valence electrons. The Morgan fingerprint density at radius 2 is 2.18 bits per heavy atom. The second-order valence-corrected chi connectivity index (χ2v) is 4.90. The molecule has 2 rings (SSSR count). The van der Waals surface area contributed by atoms with Crippen molar-refractivity contribution in [3.8, 4) is 0 Å². The summed E-state index contributed by atoms with van der Waals surface area (Å²) >= 11 is 3.43. The summed E-state index contributed by atoms with van der Waals surface area (Å²) in [5.74, 6) is 0.281. The molecule has 1 heterocycles. The summed E-state index contributed by atoms with van der Waals surface area (Å²) in [5, 5.41) is 0.714. The van der Waals surface area contributed by atoms with Gasteiger partial charge < -0.3 is 9.47 Å². The Kier molecular flexibility index (Phi) is 4.95. The molecule has 17 heavy (non-hydrogen) atoms. The third kappa shape index (κ3) is 3.76. The zero-order chi connectivity index (χ0) is 12.1. The average molecular weight is 303 g/mol. The molecule has 1 aliphatic rings. The van der Waals surface area contributed by atoms with Crippen LogP contribution in [-0.4, -0.2) is 25.2 Å². The van der Waals surface area contributed by atoms with Crippen molar-refractivity contribution in [2.75, 3.05) is 25.2 Å². The van der Waals surface area contributed by atoms with Crippen molar-refractivity contribution in [1.82, 2.24) is 0 Å². The molecule has 2 unspecified atom stereocenters. The van der Waals surface area contributed by atoms with Crippen LogP contribution in [0.15, 0.2) is 24.3 Å². The van der Waals surface area contributed by atoms with Crippen LogP contribution in [0.25, 0.3) is 0 Å². The minimum Gasteiger partial charge on any atom is -0.381 e. The molecule has 0 N–H and O–H groups in total. The minimum absolute atomic E-state index is 0.0174. The highest BCUT2D eigenvalue weighted by Crippen LogP contribution is 2.22. The van der Waals surface area contributed by atoms with Crippen LogP contribution in [-0.2, 0) is 9.47 Å². The average Bonchev–Trinajstić information content (AvgIpc) is 2.85. The highest BCUT2D eigenvalue weighted by Gasteiger charge is 2.18. The van der Waals surface area contributed by atoms with Crippen LogP contribution in [0.3, 0.4) is 0 Å². The molecule has 1 fully saturated rings. The summed E-state index contributed by atoms with van der Waals surface area (Å²) in [6.07, 6.45) is 1.05. The number of alkyl halides is 1. The molecule has 2 nitrogen and oxygen atoms in total. The highest BCUT2D eigenvalue weighted by molar-refractivity contribution is 9.09. The first-order valence-corrected chi connectivity index (χ1v) is 6.92. The van der Waals surface area contributed by atoms with Gasteiger partial charge in [0.25, 0.3) is 0 Å². The van der Waals surface area contributed by atoms with Crippen molar-refractivity contribution in [2.45, 2.75) is 12.5 Å². The second kappa shape index (κ2) is 6.47. The van der Waals surface area contributed by atoms with Crippen LogP contribution >= 0.6 is 15.9 Å². The van der Waals surface area contributed by atoms with Crippen LogP contribution in [0.2, 0.25) is 0 Å². The molecule has 0 aliphatic carbocycles. The van der Waals surface area contributed by atoms with E-state index in [4.69, 9.17) is 9.47 Å². The smallest absolute Gasteiger partial charge is 0.123 e. The lowest BCUT2D eigenvalue weighted by Gasteiger charge is -2.18. The summed E-state index contributed by atoms with van der Waals surface area (Å²) in [7, 11) is 0. The Morgan fingerprint density at radius 3 is 2.76 bits per heavy atom. The molecule has 4 heteroatoms. The lowest BCUT2D eigenvalue weighted by atomic mass is 10.1. The van der Waals surface area contributed by atoms with Crippen LogP contribution in [0.1, 0.15) is 18.1 Å². The Bertz CT molecular complexity index is 336. The monoisotopic (exact) mass is 302 g/mol. The van der Waals surface area contributed by atoms with Crippen LogP contribution in [0.4, 0.5) is 4.39 Å². The number of hydrogen-bond donors (Lipinski definition) is 0. The zero-order valence-electron chi connectivity index (χ0n) is 9.57. The van der Waals surface area contributed by atoms with Gasteiger partial charge in [0.15, 0.2) is 0 Å². The molecule has 1 aromatic rings. The SMILES string of the molecule is Fc1ccc(C(CBr)OCC2CCOC2)cc1. The molecule has 1 aliphatic heterocycles. The lowest BCUT2D eigenvalue weighted by molar-refractivity contribution is 0.0392. The maximum Gasteiger partial charge on any atom is 0.123 e. The van der Waals surface area contributed by atoms with Gasteiger partial charge in [-0.05, 0) is 24.1 Å². The standard InChI is InChI=1S/C13H16BrFO2/c14-7-13(11-1-3-12(15)4-2-11)17-9-10-5-6-16-8-10/h1-4,10,13H,5-9H2. The molecule has 0 amide bonds. The van der Waals surface area contributed by atoms with Gasteiger partial charge in [0.1, 0.15) is 5.82 Å². The first-order valence-electron chi connectivity index (χ1n) is 5.80. The Hall–Kier alpha value is -0.450. The van der Waals surface area contributed by atoms with Crippen molar-refractivity contribution in [3.05, 3.63) is 35.6 Å². The van der Waals surface area contributed by atoms with Gasteiger partial charge in [-0.3, -0.25) is 0 Å². The predicted molar refractivity (Wildman–Crippen MR) is 67.8 cm³/mol. The molecule has 0 bridgehead atoms. The number of benzene rings is 1. The van der Waals surface area contributed by atoms with E-state index in [2.05, 4.69) is 15.9 Å². The maximum absolute atomic E-state index is 12.8. The normalized spacial score (nSPS) is 21.6. The summed E-state index contributed by atoms with van der Waals surface area (Å²) < 4.78 is 24.0. The summed E-state index contributed by atoms with van der Waals surface area (Å²) in [5.41, 5.74) is 1.00. The van der Waals surface area contributed by atoms with Gasteiger partial charge in [0.2, 0.25) is 0 Å². The molecule has 1 aromatic carbocycles. The highest BCUT2D eigenvalue weighted by atomic mass is 79.9. The van der Waals surface area contributed by atoms with Crippen molar-refractivity contribution < 1.29 is 13.9 Å². The van der Waals surface area contributed by atoms with Crippen molar-refractivity contribution in [2.24, 2.45) is 5.92 Å². The lowest BCUT2D eigenvalue weighted by Crippen LogP contribution is -2.14. The fraction of sp³-hybridized carbons (Fsp3) is 0.538. The number of ether oxygens (including phenoxy) is 2. The van der Waals surface area contributed by atoms with Gasteiger partial charge in [-0.15, -0.1) is 0 Å². The van der Waals surface area contributed by atoms with E-state index < -0.39 is 0 Å². The van der Waals surface area contributed by atoms with Crippen LogP contribution < -0.4 is 0 Å². The second-order valence-electron chi connectivity index (χ2n) is 4.26. The first kappa shape index (κ1) is 13.0. The molecule has 0 saturated carbocycles. The molecule has 2 atom stereocenters. The Morgan fingerprint density at radius 1 is 1.41 bits per heavy atom. The molecular formula is C13H16BrFO2. The Balaban J connectivity index is 1.89. The number of halogens is 2. The topological polar surface area (TPSA) is 18.5 Å². The van der Waals surface area contributed by atoms with Gasteiger partial charge in [-0.2, -0.15) is 0 Å². The van der Waals surface area contributed by atoms with E-state index in [-0.39, 0.29) is 11.9 Å². The van der Waals surface area contributed by atoms with Gasteiger partial charge in [0.05, 0.1) is 19.3 Å². The molecule has 0 aromatic heterocycles. The van der Waals surface area contributed by atoms with Gasteiger partial charge >= 0.3 is 0 Å². The summed E-state index contributed by atoms with van der Waals surface area (Å²) in [4.78, 5) is 0. The maximum atomic E-state index is 12.8. The molecule has 0 spiro atoms. The van der Waals surface area contributed by atoms with E-state index in [0.717, 1.165) is 25.2 Å². The molecule has 0 radical (unpaired) electrons. The third-order valence-corrected chi connectivity index (χ3v) is 3.53. The zero-order valence-corrected chi connectivity index (χ0v) is 11.2. The van der Waals surface area contributed by atoms with Crippen molar-refractivity contribution in [1.29, 1.82) is 0 Å². The van der Waals surface area contributed by atoms with Gasteiger partial charge in [-0.1, -0.05) is 28.1 Å². The summed E-state index contributed by atoms with van der Waals surface area (Å²) in [6, 6.07) is 6.47. The quantitative estimate of drug-likeness (QED) is 0.777. The van der Waals surface area contributed by atoms with E-state index in [9.17, 15) is 4.39 Å². The fourth-order valence-corrected chi connectivity index (χ4v) is 2.44. The van der Waals surface area contributed by atoms with Gasteiger partial charge in [0, 0.05) is 17.9 Å². The van der Waals surface area contributed by atoms with E-state index in [1.807, 2.05) is 0 Å². The predicted octanol–water partition coefficient (Wildman–Crippen LogP) is 3.31. The number of hydrogen-bond acceptors (Lipinski definition) is 2. The molecular weight excluding hydrogens is 287 g/mol. The van der Waals surface area contributed by atoms with E-state index in [1.54, 1.807) is 12.1 Å². The van der Waals surface area contributed by atoms with E-state index >= 15 is 0 Å². The fourth-order valence-electron chi connectivity index (χ4n) is 1.87. The third-order valence-electron chi connectivity index (χ3n) is 2.94.